The Morgan fingerprint density at radius 2 is 1.65 bits per heavy atom. The van der Waals surface area contributed by atoms with Crippen molar-refractivity contribution in [2.75, 3.05) is 0 Å². The van der Waals surface area contributed by atoms with E-state index in [0.717, 1.165) is 18.2 Å². The summed E-state index contributed by atoms with van der Waals surface area (Å²) in [6, 6.07) is 6.59. The summed E-state index contributed by atoms with van der Waals surface area (Å²) in [5.74, 6) is -1.93. The fourth-order valence-electron chi connectivity index (χ4n) is 1.60. The van der Waals surface area contributed by atoms with Crippen LogP contribution < -0.4 is 0 Å². The molecule has 0 aliphatic heterocycles. The smallest absolute Gasteiger partial charge is 0.416 e. The van der Waals surface area contributed by atoms with Crippen molar-refractivity contribution in [1.82, 2.24) is 4.98 Å². The molecule has 0 atom stereocenters. The normalized spacial score (nSPS) is 11.3. The van der Waals surface area contributed by atoms with E-state index in [4.69, 9.17) is 5.11 Å². The van der Waals surface area contributed by atoms with Gasteiger partial charge in [-0.05, 0) is 24.3 Å². The number of nitrogens with zero attached hydrogens (tertiary/aromatic N) is 1. The quantitative estimate of drug-likeness (QED) is 0.888. The summed E-state index contributed by atoms with van der Waals surface area (Å²) in [6.45, 7) is 0. The zero-order chi connectivity index (χ0) is 14.9. The monoisotopic (exact) mass is 283 g/mol. The molecule has 0 radical (unpaired) electrons. The van der Waals surface area contributed by atoms with Crippen LogP contribution in [0.4, 0.5) is 13.2 Å². The largest absolute Gasteiger partial charge is 0.505 e. The Morgan fingerprint density at radius 3 is 2.15 bits per heavy atom. The highest BCUT2D eigenvalue weighted by molar-refractivity contribution is 5.89. The standard InChI is InChI=1S/C13H8F3NO3/c14-13(15,16)8-3-1-7(2-4-8)9-5-6-10(18)11(17-9)12(19)20/h1-6,18H,(H,19,20). The van der Waals surface area contributed by atoms with Gasteiger partial charge in [0.1, 0.15) is 5.75 Å². The van der Waals surface area contributed by atoms with Crippen molar-refractivity contribution >= 4 is 5.97 Å². The van der Waals surface area contributed by atoms with Crippen molar-refractivity contribution < 1.29 is 28.2 Å². The number of aromatic carboxylic acids is 1. The number of hydrogen-bond donors (Lipinski definition) is 2. The zero-order valence-electron chi connectivity index (χ0n) is 9.85. The van der Waals surface area contributed by atoms with E-state index in [2.05, 4.69) is 4.98 Å². The lowest BCUT2D eigenvalue weighted by molar-refractivity contribution is -0.137. The third kappa shape index (κ3) is 2.71. The highest BCUT2D eigenvalue weighted by Crippen LogP contribution is 2.31. The van der Waals surface area contributed by atoms with Crippen LogP contribution in [-0.2, 0) is 6.18 Å². The van der Waals surface area contributed by atoms with Crippen LogP contribution in [0, 0.1) is 0 Å². The van der Waals surface area contributed by atoms with E-state index in [0.29, 0.717) is 5.56 Å². The van der Waals surface area contributed by atoms with Gasteiger partial charge in [0.15, 0.2) is 5.69 Å². The first-order valence-corrected chi connectivity index (χ1v) is 5.40. The van der Waals surface area contributed by atoms with Gasteiger partial charge in [-0.1, -0.05) is 12.1 Å². The van der Waals surface area contributed by atoms with Crippen LogP contribution in [-0.4, -0.2) is 21.2 Å². The molecule has 0 unspecified atom stereocenters. The maximum absolute atomic E-state index is 12.4. The summed E-state index contributed by atoms with van der Waals surface area (Å²) < 4.78 is 37.3. The molecule has 2 rings (SSSR count). The molecular formula is C13H8F3NO3. The first kappa shape index (κ1) is 13.9. The van der Waals surface area contributed by atoms with Gasteiger partial charge in [0.25, 0.3) is 0 Å². The maximum atomic E-state index is 12.4. The topological polar surface area (TPSA) is 70.4 Å². The molecule has 0 aliphatic carbocycles. The van der Waals surface area contributed by atoms with Gasteiger partial charge in [-0.15, -0.1) is 0 Å². The number of benzene rings is 1. The summed E-state index contributed by atoms with van der Waals surface area (Å²) in [5.41, 5.74) is -0.879. The fraction of sp³-hybridized carbons (Fsp3) is 0.0769. The van der Waals surface area contributed by atoms with Crippen LogP contribution in [0.15, 0.2) is 36.4 Å². The molecule has 0 saturated heterocycles. The van der Waals surface area contributed by atoms with Crippen LogP contribution in [0.5, 0.6) is 5.75 Å². The molecule has 1 heterocycles. The Labute approximate surface area is 111 Å². The van der Waals surface area contributed by atoms with Gasteiger partial charge >= 0.3 is 12.1 Å². The molecule has 4 nitrogen and oxygen atoms in total. The van der Waals surface area contributed by atoms with Gasteiger partial charge in [-0.2, -0.15) is 13.2 Å². The lowest BCUT2D eigenvalue weighted by atomic mass is 10.1. The fourth-order valence-corrected chi connectivity index (χ4v) is 1.60. The van der Waals surface area contributed by atoms with Crippen molar-refractivity contribution in [3.63, 3.8) is 0 Å². The highest BCUT2D eigenvalue weighted by atomic mass is 19.4. The second kappa shape index (κ2) is 4.84. The molecule has 1 aromatic carbocycles. The molecule has 7 heteroatoms. The number of aromatic nitrogens is 1. The molecule has 2 aromatic rings. The minimum Gasteiger partial charge on any atom is -0.505 e. The second-order valence-electron chi connectivity index (χ2n) is 3.94. The minimum atomic E-state index is -4.44. The first-order chi connectivity index (χ1) is 9.29. The molecule has 0 bridgehead atoms. The van der Waals surface area contributed by atoms with Crippen molar-refractivity contribution in [2.24, 2.45) is 0 Å². The molecule has 104 valence electrons. The summed E-state index contributed by atoms with van der Waals surface area (Å²) in [5, 5.41) is 18.1. The molecule has 0 fully saturated rings. The molecule has 0 aliphatic rings. The Balaban J connectivity index is 2.42. The number of rotatable bonds is 2. The Kier molecular flexibility index (Phi) is 3.35. The lowest BCUT2D eigenvalue weighted by Crippen LogP contribution is -2.04. The van der Waals surface area contributed by atoms with E-state index in [1.807, 2.05) is 0 Å². The van der Waals surface area contributed by atoms with Crippen molar-refractivity contribution in [2.45, 2.75) is 6.18 Å². The average molecular weight is 283 g/mol. The molecule has 1 aromatic heterocycles. The van der Waals surface area contributed by atoms with Crippen LogP contribution in [0.2, 0.25) is 0 Å². The van der Waals surface area contributed by atoms with Crippen LogP contribution >= 0.6 is 0 Å². The van der Waals surface area contributed by atoms with E-state index in [-0.39, 0.29) is 5.69 Å². The Bertz CT molecular complexity index is 651. The Hall–Kier alpha value is -2.57. The number of carboxylic acids is 1. The third-order valence-electron chi connectivity index (χ3n) is 2.58. The van der Waals surface area contributed by atoms with Crippen LogP contribution in [0.1, 0.15) is 16.1 Å². The molecule has 0 saturated carbocycles. The predicted molar refractivity (Wildman–Crippen MR) is 63.3 cm³/mol. The summed E-state index contributed by atoms with van der Waals surface area (Å²) in [4.78, 5) is 14.5. The average Bonchev–Trinajstić information content (AvgIpc) is 2.38. The maximum Gasteiger partial charge on any atom is 0.416 e. The number of halogens is 3. The SMILES string of the molecule is O=C(O)c1nc(-c2ccc(C(F)(F)F)cc2)ccc1O. The van der Waals surface area contributed by atoms with Crippen molar-refractivity contribution in [3.05, 3.63) is 47.7 Å². The van der Waals surface area contributed by atoms with Gasteiger partial charge in [0.2, 0.25) is 0 Å². The van der Waals surface area contributed by atoms with Crippen molar-refractivity contribution in [1.29, 1.82) is 0 Å². The number of carbonyl (C=O) groups is 1. The van der Waals surface area contributed by atoms with E-state index >= 15 is 0 Å². The highest BCUT2D eigenvalue weighted by Gasteiger charge is 2.30. The zero-order valence-corrected chi connectivity index (χ0v) is 9.85. The van der Waals surface area contributed by atoms with E-state index in [9.17, 15) is 23.1 Å². The number of alkyl halides is 3. The van der Waals surface area contributed by atoms with Gasteiger partial charge in [0, 0.05) is 5.56 Å². The minimum absolute atomic E-state index is 0.161. The molecular weight excluding hydrogens is 275 g/mol. The van der Waals surface area contributed by atoms with E-state index in [1.54, 1.807) is 0 Å². The summed E-state index contributed by atoms with van der Waals surface area (Å²) >= 11 is 0. The number of aromatic hydroxyl groups is 1. The molecule has 2 N–H and O–H groups in total. The predicted octanol–water partition coefficient (Wildman–Crippen LogP) is 3.17. The second-order valence-corrected chi connectivity index (χ2v) is 3.94. The molecule has 0 spiro atoms. The van der Waals surface area contributed by atoms with Gasteiger partial charge in [-0.3, -0.25) is 0 Å². The number of carboxylic acid groups (broad SMARTS) is 1. The number of pyridine rings is 1. The first-order valence-electron chi connectivity index (χ1n) is 5.40. The van der Waals surface area contributed by atoms with Crippen LogP contribution in [0.25, 0.3) is 11.3 Å². The summed E-state index contributed by atoms with van der Waals surface area (Å²) in [7, 11) is 0. The summed E-state index contributed by atoms with van der Waals surface area (Å²) in [6.07, 6.45) is -4.44. The molecule has 0 amide bonds. The number of hydrogen-bond acceptors (Lipinski definition) is 3. The van der Waals surface area contributed by atoms with Gasteiger partial charge in [-0.25, -0.2) is 9.78 Å². The molecule has 20 heavy (non-hydrogen) atoms. The Morgan fingerprint density at radius 1 is 1.05 bits per heavy atom. The van der Waals surface area contributed by atoms with Crippen LogP contribution in [0.3, 0.4) is 0 Å². The van der Waals surface area contributed by atoms with E-state index in [1.165, 1.54) is 18.2 Å². The van der Waals surface area contributed by atoms with E-state index < -0.39 is 29.2 Å². The van der Waals surface area contributed by atoms with Gasteiger partial charge in [0.05, 0.1) is 11.3 Å². The van der Waals surface area contributed by atoms with Crippen molar-refractivity contribution in [3.8, 4) is 17.0 Å². The lowest BCUT2D eigenvalue weighted by Gasteiger charge is -2.08. The van der Waals surface area contributed by atoms with Gasteiger partial charge < -0.3 is 10.2 Å². The third-order valence-corrected chi connectivity index (χ3v) is 2.58.